The van der Waals surface area contributed by atoms with E-state index >= 15 is 0 Å². The van der Waals surface area contributed by atoms with Gasteiger partial charge < -0.3 is 26.2 Å². The molecule has 2 rings (SSSR count). The van der Waals surface area contributed by atoms with E-state index in [1.165, 1.54) is 0 Å². The van der Waals surface area contributed by atoms with E-state index < -0.39 is 12.1 Å². The fraction of sp³-hybridized carbons (Fsp3) is 0.500. The molecular formula is C16H25N5O2. The highest BCUT2D eigenvalue weighted by Crippen LogP contribution is 2.23. The van der Waals surface area contributed by atoms with Gasteiger partial charge in [-0.3, -0.25) is 4.79 Å². The van der Waals surface area contributed by atoms with E-state index in [-0.39, 0.29) is 5.91 Å². The highest BCUT2D eigenvalue weighted by Gasteiger charge is 2.17. The second-order valence-corrected chi connectivity index (χ2v) is 6.01. The zero-order valence-electron chi connectivity index (χ0n) is 13.9. The average molecular weight is 319 g/mol. The number of piperazine rings is 1. The first kappa shape index (κ1) is 17.1. The van der Waals surface area contributed by atoms with Crippen molar-refractivity contribution in [1.29, 1.82) is 0 Å². The molecule has 0 spiro atoms. The van der Waals surface area contributed by atoms with Crippen LogP contribution in [0, 0.1) is 6.92 Å². The molecule has 1 aliphatic rings. The summed E-state index contributed by atoms with van der Waals surface area (Å²) >= 11 is 0. The maximum absolute atomic E-state index is 12.0. The van der Waals surface area contributed by atoms with Gasteiger partial charge in [0.15, 0.2) is 0 Å². The first-order valence-corrected chi connectivity index (χ1v) is 7.78. The predicted octanol–water partition coefficient (Wildman–Crippen LogP) is 0.742. The molecule has 0 bridgehead atoms. The molecule has 7 nitrogen and oxygen atoms in total. The molecule has 0 radical (unpaired) electrons. The molecule has 1 heterocycles. The maximum Gasteiger partial charge on any atom is 0.312 e. The number of likely N-dealkylation sites (N-methyl/N-ethyl adjacent to an activating group) is 1. The van der Waals surface area contributed by atoms with Crippen LogP contribution in [0.1, 0.15) is 12.5 Å². The van der Waals surface area contributed by atoms with Crippen LogP contribution in [0.25, 0.3) is 0 Å². The summed E-state index contributed by atoms with van der Waals surface area (Å²) in [6.45, 7) is 7.65. The average Bonchev–Trinajstić information content (AvgIpc) is 2.49. The van der Waals surface area contributed by atoms with Crippen LogP contribution in [-0.4, -0.2) is 56.1 Å². The van der Waals surface area contributed by atoms with Crippen LogP contribution in [0.2, 0.25) is 0 Å². The van der Waals surface area contributed by atoms with Crippen LogP contribution in [0.3, 0.4) is 0 Å². The Morgan fingerprint density at radius 2 is 1.87 bits per heavy atom. The van der Waals surface area contributed by atoms with Gasteiger partial charge in [0.25, 0.3) is 0 Å². The zero-order valence-corrected chi connectivity index (χ0v) is 13.9. The van der Waals surface area contributed by atoms with Crippen LogP contribution in [0.5, 0.6) is 0 Å². The van der Waals surface area contributed by atoms with Crippen LogP contribution in [-0.2, 0) is 4.79 Å². The number of urea groups is 1. The van der Waals surface area contributed by atoms with Crippen LogP contribution in [0.4, 0.5) is 16.2 Å². The number of carbonyl (C=O) groups excluding carboxylic acids is 2. The van der Waals surface area contributed by atoms with E-state index in [9.17, 15) is 9.59 Å². The Labute approximate surface area is 136 Å². The Morgan fingerprint density at radius 1 is 1.22 bits per heavy atom. The second kappa shape index (κ2) is 7.32. The van der Waals surface area contributed by atoms with Crippen LogP contribution >= 0.6 is 0 Å². The normalized spacial score (nSPS) is 16.7. The summed E-state index contributed by atoms with van der Waals surface area (Å²) in [4.78, 5) is 27.5. The molecule has 0 aliphatic carbocycles. The van der Waals surface area contributed by atoms with Crippen molar-refractivity contribution in [3.05, 3.63) is 23.8 Å². The summed E-state index contributed by atoms with van der Waals surface area (Å²) in [5, 5.41) is 5.18. The van der Waals surface area contributed by atoms with Crippen LogP contribution in [0.15, 0.2) is 18.2 Å². The number of rotatable bonds is 4. The highest BCUT2D eigenvalue weighted by atomic mass is 16.2. The lowest BCUT2D eigenvalue weighted by molar-refractivity contribution is -0.117. The molecule has 1 aliphatic heterocycles. The van der Waals surface area contributed by atoms with Gasteiger partial charge in [-0.2, -0.15) is 0 Å². The van der Waals surface area contributed by atoms with Crippen molar-refractivity contribution in [3.8, 4) is 0 Å². The van der Waals surface area contributed by atoms with Crippen molar-refractivity contribution in [2.24, 2.45) is 5.73 Å². The Balaban J connectivity index is 2.02. The summed E-state index contributed by atoms with van der Waals surface area (Å²) in [6, 6.07) is 4.60. The largest absolute Gasteiger partial charge is 0.369 e. The minimum absolute atomic E-state index is 0.292. The Kier molecular flexibility index (Phi) is 5.44. The van der Waals surface area contributed by atoms with Gasteiger partial charge in [-0.1, -0.05) is 0 Å². The summed E-state index contributed by atoms with van der Waals surface area (Å²) in [5.41, 5.74) is 7.92. The van der Waals surface area contributed by atoms with E-state index in [2.05, 4.69) is 33.5 Å². The van der Waals surface area contributed by atoms with E-state index in [0.717, 1.165) is 43.1 Å². The molecule has 1 unspecified atom stereocenters. The van der Waals surface area contributed by atoms with Gasteiger partial charge in [-0.15, -0.1) is 0 Å². The number of nitrogens with zero attached hydrogens (tertiary/aromatic N) is 2. The molecule has 4 N–H and O–H groups in total. The molecule has 126 valence electrons. The summed E-state index contributed by atoms with van der Waals surface area (Å²) in [5.74, 6) is -0.292. The Morgan fingerprint density at radius 3 is 2.43 bits per heavy atom. The minimum atomic E-state index is -0.713. The third kappa shape index (κ3) is 4.59. The molecule has 1 aromatic carbocycles. The number of benzene rings is 1. The van der Waals surface area contributed by atoms with E-state index in [1.807, 2.05) is 19.1 Å². The summed E-state index contributed by atoms with van der Waals surface area (Å²) in [7, 11) is 2.13. The van der Waals surface area contributed by atoms with Gasteiger partial charge in [0.05, 0.1) is 0 Å². The number of anilines is 2. The molecule has 7 heteroatoms. The third-order valence-corrected chi connectivity index (χ3v) is 4.09. The van der Waals surface area contributed by atoms with Gasteiger partial charge in [-0.25, -0.2) is 4.79 Å². The minimum Gasteiger partial charge on any atom is -0.369 e. The van der Waals surface area contributed by atoms with Gasteiger partial charge in [0.2, 0.25) is 5.91 Å². The van der Waals surface area contributed by atoms with Gasteiger partial charge in [0.1, 0.15) is 6.04 Å². The van der Waals surface area contributed by atoms with Crippen molar-refractivity contribution in [1.82, 2.24) is 10.2 Å². The molecule has 23 heavy (non-hydrogen) atoms. The first-order valence-electron chi connectivity index (χ1n) is 7.78. The number of hydrogen-bond acceptors (Lipinski definition) is 4. The molecule has 1 aromatic rings. The molecule has 3 amide bonds. The lowest BCUT2D eigenvalue weighted by Gasteiger charge is -2.34. The van der Waals surface area contributed by atoms with Crippen LogP contribution < -0.4 is 21.3 Å². The molecule has 1 fully saturated rings. The Hall–Kier alpha value is -2.28. The third-order valence-electron chi connectivity index (χ3n) is 4.09. The highest BCUT2D eigenvalue weighted by molar-refractivity contribution is 5.97. The van der Waals surface area contributed by atoms with E-state index in [1.54, 1.807) is 6.92 Å². The number of amides is 3. The number of hydrogen-bond donors (Lipinski definition) is 3. The molecular weight excluding hydrogens is 294 g/mol. The smallest absolute Gasteiger partial charge is 0.312 e. The first-order chi connectivity index (χ1) is 10.9. The van der Waals surface area contributed by atoms with Gasteiger partial charge in [-0.05, 0) is 44.7 Å². The maximum atomic E-state index is 12.0. The SMILES string of the molecule is Cc1cc(N2CCN(C)CC2)ccc1NC(=O)C(C)NC(N)=O. The number of aryl methyl sites for hydroxylation is 1. The van der Waals surface area contributed by atoms with Crippen molar-refractivity contribution in [3.63, 3.8) is 0 Å². The predicted molar refractivity (Wildman–Crippen MR) is 91.7 cm³/mol. The Bertz CT molecular complexity index is 582. The van der Waals surface area contributed by atoms with Crippen molar-refractivity contribution < 1.29 is 9.59 Å². The number of nitrogens with one attached hydrogen (secondary N) is 2. The van der Waals surface area contributed by atoms with E-state index in [4.69, 9.17) is 5.73 Å². The molecule has 0 aromatic heterocycles. The van der Waals surface area contributed by atoms with Crippen molar-refractivity contribution >= 4 is 23.3 Å². The number of nitrogens with two attached hydrogens (primary N) is 1. The number of carbonyl (C=O) groups is 2. The van der Waals surface area contributed by atoms with Crippen molar-refractivity contribution in [2.75, 3.05) is 43.4 Å². The lowest BCUT2D eigenvalue weighted by atomic mass is 10.1. The quantitative estimate of drug-likeness (QED) is 0.763. The standard InChI is InChI=1S/C16H25N5O2/c1-11-10-13(21-8-6-20(3)7-9-21)4-5-14(11)19-15(22)12(2)18-16(17)23/h4-5,10,12H,6-9H2,1-3H3,(H,19,22)(H3,17,18,23). The topological polar surface area (TPSA) is 90.7 Å². The molecule has 0 saturated carbocycles. The zero-order chi connectivity index (χ0) is 17.0. The molecule has 1 saturated heterocycles. The fourth-order valence-electron chi connectivity index (χ4n) is 2.57. The number of primary amides is 1. The van der Waals surface area contributed by atoms with E-state index in [0.29, 0.717) is 0 Å². The molecule has 1 atom stereocenters. The fourth-order valence-corrected chi connectivity index (χ4v) is 2.57. The second-order valence-electron chi connectivity index (χ2n) is 6.01. The monoisotopic (exact) mass is 319 g/mol. The van der Waals surface area contributed by atoms with Gasteiger partial charge in [0, 0.05) is 37.6 Å². The summed E-state index contributed by atoms with van der Waals surface area (Å²) in [6.07, 6.45) is 0. The van der Waals surface area contributed by atoms with Gasteiger partial charge >= 0.3 is 6.03 Å². The van der Waals surface area contributed by atoms with Crippen molar-refractivity contribution in [2.45, 2.75) is 19.9 Å². The summed E-state index contributed by atoms with van der Waals surface area (Å²) < 4.78 is 0. The lowest BCUT2D eigenvalue weighted by Crippen LogP contribution is -2.44.